The first kappa shape index (κ1) is 20.8. The summed E-state index contributed by atoms with van der Waals surface area (Å²) in [7, 11) is 0. The van der Waals surface area contributed by atoms with Crippen molar-refractivity contribution in [3.63, 3.8) is 0 Å². The van der Waals surface area contributed by atoms with Gasteiger partial charge in [0.15, 0.2) is 0 Å². The molecule has 0 saturated heterocycles. The van der Waals surface area contributed by atoms with Crippen molar-refractivity contribution in [1.82, 2.24) is 19.9 Å². The standard InChI is InChI=1S/C23H24N6O/c1-4-29(5-2)22(30)18-8-6-7-17(13-18)21-19(15(3)27-23(25)28-21)11-9-16-10-12-20(24)26-14-16/h6-8,10,12-14H,4-5H2,1-3H3,(H2,24,26)(H2,25,27,28). The van der Waals surface area contributed by atoms with Gasteiger partial charge in [0.25, 0.3) is 5.91 Å². The van der Waals surface area contributed by atoms with Crippen molar-refractivity contribution in [3.05, 3.63) is 65.0 Å². The first-order valence-electron chi connectivity index (χ1n) is 9.70. The highest BCUT2D eigenvalue weighted by Gasteiger charge is 2.16. The number of nitrogens with two attached hydrogens (primary N) is 2. The zero-order chi connectivity index (χ0) is 21.7. The molecule has 0 saturated carbocycles. The lowest BCUT2D eigenvalue weighted by Gasteiger charge is -2.19. The van der Waals surface area contributed by atoms with Crippen molar-refractivity contribution in [2.24, 2.45) is 0 Å². The van der Waals surface area contributed by atoms with Gasteiger partial charge in [-0.05, 0) is 45.0 Å². The quantitative estimate of drug-likeness (QED) is 0.652. The van der Waals surface area contributed by atoms with Crippen molar-refractivity contribution in [3.8, 4) is 23.1 Å². The molecule has 0 aliphatic heterocycles. The lowest BCUT2D eigenvalue weighted by molar-refractivity contribution is 0.0773. The zero-order valence-corrected chi connectivity index (χ0v) is 17.3. The topological polar surface area (TPSA) is 111 Å². The van der Waals surface area contributed by atoms with Crippen LogP contribution in [0.15, 0.2) is 42.6 Å². The second-order valence-electron chi connectivity index (χ2n) is 6.67. The van der Waals surface area contributed by atoms with Crippen molar-refractivity contribution in [2.75, 3.05) is 24.6 Å². The molecule has 152 valence electrons. The maximum Gasteiger partial charge on any atom is 0.253 e. The Kier molecular flexibility index (Phi) is 6.28. The predicted molar refractivity (Wildman–Crippen MR) is 118 cm³/mol. The number of amides is 1. The van der Waals surface area contributed by atoms with Crippen LogP contribution in [0, 0.1) is 18.8 Å². The Bertz CT molecular complexity index is 1120. The zero-order valence-electron chi connectivity index (χ0n) is 17.3. The smallest absolute Gasteiger partial charge is 0.253 e. The summed E-state index contributed by atoms with van der Waals surface area (Å²) < 4.78 is 0. The van der Waals surface area contributed by atoms with E-state index in [1.807, 2.05) is 39.0 Å². The molecule has 1 aromatic carbocycles. The Morgan fingerprint density at radius 3 is 2.50 bits per heavy atom. The van der Waals surface area contributed by atoms with E-state index in [-0.39, 0.29) is 11.9 Å². The summed E-state index contributed by atoms with van der Waals surface area (Å²) in [4.78, 5) is 27.3. The summed E-state index contributed by atoms with van der Waals surface area (Å²) in [6.45, 7) is 7.04. The molecular formula is C23H24N6O. The van der Waals surface area contributed by atoms with Crippen LogP contribution < -0.4 is 11.5 Å². The van der Waals surface area contributed by atoms with Gasteiger partial charge in [-0.25, -0.2) is 15.0 Å². The number of anilines is 2. The number of rotatable bonds is 4. The van der Waals surface area contributed by atoms with Crippen LogP contribution in [0.2, 0.25) is 0 Å². The highest BCUT2D eigenvalue weighted by molar-refractivity contribution is 5.95. The molecule has 7 nitrogen and oxygen atoms in total. The van der Waals surface area contributed by atoms with E-state index in [4.69, 9.17) is 11.5 Å². The fourth-order valence-electron chi connectivity index (χ4n) is 3.06. The number of aromatic nitrogens is 3. The molecule has 0 aliphatic rings. The molecule has 0 fully saturated rings. The molecule has 0 spiro atoms. The highest BCUT2D eigenvalue weighted by Crippen LogP contribution is 2.25. The molecule has 0 aliphatic carbocycles. The van der Waals surface area contributed by atoms with Crippen LogP contribution in [0.3, 0.4) is 0 Å². The van der Waals surface area contributed by atoms with Crippen LogP contribution in [0.5, 0.6) is 0 Å². The molecule has 3 rings (SSSR count). The molecule has 7 heteroatoms. The van der Waals surface area contributed by atoms with Gasteiger partial charge in [0.05, 0.1) is 17.0 Å². The number of nitrogens with zero attached hydrogens (tertiary/aromatic N) is 4. The molecule has 3 aromatic rings. The second kappa shape index (κ2) is 9.05. The molecule has 0 radical (unpaired) electrons. The molecule has 1 amide bonds. The van der Waals surface area contributed by atoms with Crippen molar-refractivity contribution >= 4 is 17.7 Å². The molecule has 0 atom stereocenters. The maximum atomic E-state index is 12.8. The third-order valence-corrected chi connectivity index (χ3v) is 4.66. The van der Waals surface area contributed by atoms with Crippen molar-refractivity contribution in [2.45, 2.75) is 20.8 Å². The van der Waals surface area contributed by atoms with Crippen LogP contribution in [-0.4, -0.2) is 38.8 Å². The normalized spacial score (nSPS) is 10.2. The molecular weight excluding hydrogens is 376 g/mol. The van der Waals surface area contributed by atoms with Gasteiger partial charge >= 0.3 is 0 Å². The lowest BCUT2D eigenvalue weighted by Crippen LogP contribution is -2.30. The Hall–Kier alpha value is -3.92. The first-order chi connectivity index (χ1) is 14.4. The number of pyridine rings is 1. The van der Waals surface area contributed by atoms with Gasteiger partial charge in [0, 0.05) is 36.0 Å². The summed E-state index contributed by atoms with van der Waals surface area (Å²) in [5, 5.41) is 0. The Labute approximate surface area is 176 Å². The van der Waals surface area contributed by atoms with Crippen LogP contribution in [0.4, 0.5) is 11.8 Å². The minimum absolute atomic E-state index is 0.0267. The minimum atomic E-state index is -0.0267. The molecule has 4 N–H and O–H groups in total. The third kappa shape index (κ3) is 4.55. The molecule has 0 unspecified atom stereocenters. The lowest BCUT2D eigenvalue weighted by atomic mass is 10.0. The number of nitrogen functional groups attached to an aromatic ring is 2. The van der Waals surface area contributed by atoms with Gasteiger partial charge in [0.2, 0.25) is 5.95 Å². The van der Waals surface area contributed by atoms with Gasteiger partial charge in [-0.2, -0.15) is 0 Å². The first-order valence-corrected chi connectivity index (χ1v) is 9.70. The molecule has 2 heterocycles. The fourth-order valence-corrected chi connectivity index (χ4v) is 3.06. The summed E-state index contributed by atoms with van der Waals surface area (Å²) in [6, 6.07) is 10.8. The minimum Gasteiger partial charge on any atom is -0.384 e. The monoisotopic (exact) mass is 400 g/mol. The highest BCUT2D eigenvalue weighted by atomic mass is 16.2. The molecule has 0 bridgehead atoms. The predicted octanol–water partition coefficient (Wildman–Crippen LogP) is 2.89. The van der Waals surface area contributed by atoms with Crippen LogP contribution in [-0.2, 0) is 0 Å². The maximum absolute atomic E-state index is 12.8. The average molecular weight is 400 g/mol. The van der Waals surface area contributed by atoms with Gasteiger partial charge < -0.3 is 16.4 Å². The number of aryl methyl sites for hydroxylation is 1. The second-order valence-corrected chi connectivity index (χ2v) is 6.67. The number of carbonyl (C=O) groups is 1. The number of benzene rings is 1. The van der Waals surface area contributed by atoms with Crippen LogP contribution >= 0.6 is 0 Å². The fraction of sp³-hybridized carbons (Fsp3) is 0.217. The van der Waals surface area contributed by atoms with E-state index in [1.54, 1.807) is 29.3 Å². The summed E-state index contributed by atoms with van der Waals surface area (Å²) in [5.74, 6) is 6.76. The van der Waals surface area contributed by atoms with E-state index in [0.29, 0.717) is 41.4 Å². The Balaban J connectivity index is 2.08. The Morgan fingerprint density at radius 2 is 1.83 bits per heavy atom. The van der Waals surface area contributed by atoms with Gasteiger partial charge in [0.1, 0.15) is 5.82 Å². The average Bonchev–Trinajstić information content (AvgIpc) is 2.74. The SMILES string of the molecule is CCN(CC)C(=O)c1cccc(-c2nc(N)nc(C)c2C#Cc2ccc(N)nc2)c1. The van der Waals surface area contributed by atoms with E-state index < -0.39 is 0 Å². The summed E-state index contributed by atoms with van der Waals surface area (Å²) in [6.07, 6.45) is 1.61. The molecule has 30 heavy (non-hydrogen) atoms. The van der Waals surface area contributed by atoms with Crippen molar-refractivity contribution in [1.29, 1.82) is 0 Å². The summed E-state index contributed by atoms with van der Waals surface area (Å²) in [5.41, 5.74) is 15.5. The van der Waals surface area contributed by atoms with Crippen molar-refractivity contribution < 1.29 is 4.79 Å². The van der Waals surface area contributed by atoms with Gasteiger partial charge in [-0.15, -0.1) is 0 Å². The number of carbonyl (C=O) groups excluding carboxylic acids is 1. The Morgan fingerprint density at radius 1 is 1.07 bits per heavy atom. The van der Waals surface area contributed by atoms with Crippen LogP contribution in [0.1, 0.15) is 41.0 Å². The van der Waals surface area contributed by atoms with E-state index in [9.17, 15) is 4.79 Å². The van der Waals surface area contributed by atoms with Crippen LogP contribution in [0.25, 0.3) is 11.3 Å². The van der Waals surface area contributed by atoms with E-state index in [2.05, 4.69) is 26.8 Å². The van der Waals surface area contributed by atoms with Gasteiger partial charge in [-0.3, -0.25) is 4.79 Å². The third-order valence-electron chi connectivity index (χ3n) is 4.66. The number of hydrogen-bond donors (Lipinski definition) is 2. The van der Waals surface area contributed by atoms with E-state index in [1.165, 1.54) is 0 Å². The van der Waals surface area contributed by atoms with E-state index in [0.717, 1.165) is 11.1 Å². The van der Waals surface area contributed by atoms with E-state index >= 15 is 0 Å². The summed E-state index contributed by atoms with van der Waals surface area (Å²) >= 11 is 0. The largest absolute Gasteiger partial charge is 0.384 e. The number of hydrogen-bond acceptors (Lipinski definition) is 6. The molecule has 2 aromatic heterocycles. The van der Waals surface area contributed by atoms with Gasteiger partial charge in [-0.1, -0.05) is 24.0 Å².